The first-order valence-electron chi connectivity index (χ1n) is 13.9. The predicted molar refractivity (Wildman–Crippen MR) is 168 cm³/mol. The number of amides is 2. The molecule has 3 aromatic rings. The molecule has 4 N–H and O–H groups in total. The van der Waals surface area contributed by atoms with Gasteiger partial charge in [-0.05, 0) is 49.9 Å². The van der Waals surface area contributed by atoms with E-state index < -0.39 is 6.09 Å². The normalized spacial score (nSPS) is 8.98. The highest BCUT2D eigenvalue weighted by atomic mass is 16.5. The Balaban J connectivity index is -0.000000491. The summed E-state index contributed by atoms with van der Waals surface area (Å²) in [6.07, 6.45) is 5.20. The summed E-state index contributed by atoms with van der Waals surface area (Å²) in [4.78, 5) is 35.7. The number of rotatable bonds is 8. The molecular formula is C31H52N4O6. The van der Waals surface area contributed by atoms with Crippen LogP contribution < -0.4 is 15.8 Å². The monoisotopic (exact) mass is 576 g/mol. The number of aliphatic hydroxyl groups is 1. The van der Waals surface area contributed by atoms with Gasteiger partial charge in [0.2, 0.25) is 6.41 Å². The van der Waals surface area contributed by atoms with Gasteiger partial charge in [0.25, 0.3) is 0 Å². The van der Waals surface area contributed by atoms with E-state index in [1.165, 1.54) is 13.3 Å². The van der Waals surface area contributed by atoms with Crippen molar-refractivity contribution in [3.05, 3.63) is 60.0 Å². The van der Waals surface area contributed by atoms with Gasteiger partial charge < -0.3 is 30.0 Å². The average molecular weight is 577 g/mol. The SMILES string of the molecule is CC.CC.CC(=O)c1cn2cc(NC=O)ccc2n1.CCCO.COCCC(C)C.Cc1ccc(OC(N)=O)cc1. The molecular weight excluding hydrogens is 524 g/mol. The van der Waals surface area contributed by atoms with Crippen molar-refractivity contribution < 1.29 is 29.0 Å². The van der Waals surface area contributed by atoms with Gasteiger partial charge in [-0.1, -0.05) is 66.2 Å². The summed E-state index contributed by atoms with van der Waals surface area (Å²) in [6.45, 7) is 19.0. The zero-order chi connectivity index (χ0) is 32.2. The van der Waals surface area contributed by atoms with Crippen molar-refractivity contribution in [3.8, 4) is 5.75 Å². The molecule has 0 fully saturated rings. The number of ketones is 1. The number of benzene rings is 1. The number of aliphatic hydroxyl groups excluding tert-OH is 1. The van der Waals surface area contributed by atoms with Gasteiger partial charge in [0.05, 0.1) is 5.69 Å². The van der Waals surface area contributed by atoms with Crippen LogP contribution in [0, 0.1) is 12.8 Å². The standard InChI is InChI=1S/C10H9N3O2.C8H9NO2.C6H14O.C3H8O.2C2H6/c1-7(15)9-5-13-4-8(11-6-14)2-3-10(13)12-9;1-6-2-4-7(5-3-6)11-8(9)10;1-6(2)4-5-7-3;1-2-3-4;2*1-2/h2-6H,1H3,(H,11,14);2-5H,1H3,(H2,9,10);6H,4-5H2,1-3H3;4H,2-3H2,1H3;2*1-2H3. The molecule has 232 valence electrons. The zero-order valence-electron chi connectivity index (χ0n) is 26.6. The Morgan fingerprint density at radius 1 is 1.07 bits per heavy atom. The maximum Gasteiger partial charge on any atom is 0.409 e. The highest BCUT2D eigenvalue weighted by Gasteiger charge is 2.05. The molecule has 0 saturated carbocycles. The third-order valence-electron chi connectivity index (χ3n) is 4.40. The Kier molecular flexibility index (Phi) is 28.3. The fourth-order valence-corrected chi connectivity index (χ4v) is 2.39. The van der Waals surface area contributed by atoms with Crippen LogP contribution >= 0.6 is 0 Å². The van der Waals surface area contributed by atoms with E-state index in [0.717, 1.165) is 24.5 Å². The molecule has 0 aliphatic rings. The van der Waals surface area contributed by atoms with Crippen molar-refractivity contribution >= 4 is 29.6 Å². The Bertz CT molecular complexity index is 1060. The lowest BCUT2D eigenvalue weighted by Crippen LogP contribution is -2.16. The van der Waals surface area contributed by atoms with Crippen molar-refractivity contribution in [2.45, 2.75) is 75.2 Å². The number of imidazole rings is 1. The molecule has 0 aliphatic carbocycles. The molecule has 0 aliphatic heterocycles. The summed E-state index contributed by atoms with van der Waals surface area (Å²) in [6, 6.07) is 10.5. The second kappa shape index (κ2) is 27.8. The molecule has 3 rings (SSSR count). The molecule has 0 atom stereocenters. The van der Waals surface area contributed by atoms with Crippen LogP contribution in [0.1, 0.15) is 84.3 Å². The maximum atomic E-state index is 11.1. The van der Waals surface area contributed by atoms with Crippen molar-refractivity contribution in [2.75, 3.05) is 25.6 Å². The number of nitrogens with two attached hydrogens (primary N) is 1. The van der Waals surface area contributed by atoms with Crippen LogP contribution in [0.3, 0.4) is 0 Å². The Labute approximate surface area is 246 Å². The van der Waals surface area contributed by atoms with E-state index in [4.69, 9.17) is 15.6 Å². The van der Waals surface area contributed by atoms with Crippen LogP contribution in [0.2, 0.25) is 0 Å². The number of ether oxygens (including phenoxy) is 2. The molecule has 0 radical (unpaired) electrons. The second-order valence-electron chi connectivity index (χ2n) is 8.26. The topological polar surface area (TPSA) is 145 Å². The summed E-state index contributed by atoms with van der Waals surface area (Å²) >= 11 is 0. The summed E-state index contributed by atoms with van der Waals surface area (Å²) in [5.41, 5.74) is 7.66. The molecule has 0 unspecified atom stereocenters. The van der Waals surface area contributed by atoms with Crippen molar-refractivity contribution in [2.24, 2.45) is 11.7 Å². The fourth-order valence-electron chi connectivity index (χ4n) is 2.39. The number of primary amides is 1. The number of anilines is 1. The number of methoxy groups -OCH3 is 1. The van der Waals surface area contributed by atoms with Crippen LogP contribution in [-0.2, 0) is 9.53 Å². The quantitative estimate of drug-likeness (QED) is 0.200. The van der Waals surface area contributed by atoms with Gasteiger partial charge in [0.15, 0.2) is 5.78 Å². The second-order valence-corrected chi connectivity index (χ2v) is 8.26. The van der Waals surface area contributed by atoms with E-state index in [-0.39, 0.29) is 5.78 Å². The number of Topliss-reactive ketones (excluding diaryl/α,β-unsaturated/α-hetero) is 1. The smallest absolute Gasteiger partial charge is 0.409 e. The van der Waals surface area contributed by atoms with Gasteiger partial charge in [0, 0.05) is 39.6 Å². The minimum absolute atomic E-state index is 0.0800. The summed E-state index contributed by atoms with van der Waals surface area (Å²) in [5, 5.41) is 10.4. The maximum absolute atomic E-state index is 11.1. The van der Waals surface area contributed by atoms with Crippen LogP contribution in [0.5, 0.6) is 5.75 Å². The molecule has 2 amide bonds. The molecule has 1 aromatic carbocycles. The Morgan fingerprint density at radius 2 is 1.63 bits per heavy atom. The fraction of sp³-hybridized carbons (Fsp3) is 0.484. The number of carbonyl (C=O) groups is 3. The molecule has 2 aromatic heterocycles. The first kappa shape index (κ1) is 41.7. The van der Waals surface area contributed by atoms with Gasteiger partial charge in [-0.2, -0.15) is 0 Å². The third kappa shape index (κ3) is 22.7. The van der Waals surface area contributed by atoms with E-state index in [1.807, 2.05) is 53.7 Å². The number of hydrogen-bond donors (Lipinski definition) is 3. The molecule has 2 heterocycles. The molecule has 10 heteroatoms. The van der Waals surface area contributed by atoms with Gasteiger partial charge in [-0.3, -0.25) is 9.59 Å². The highest BCUT2D eigenvalue weighted by molar-refractivity contribution is 5.92. The number of nitrogens with zero attached hydrogens (tertiary/aromatic N) is 2. The summed E-state index contributed by atoms with van der Waals surface area (Å²) in [7, 11) is 1.74. The third-order valence-corrected chi connectivity index (χ3v) is 4.40. The van der Waals surface area contributed by atoms with Crippen LogP contribution in [0.15, 0.2) is 48.8 Å². The van der Waals surface area contributed by atoms with Crippen molar-refractivity contribution in [1.82, 2.24) is 9.38 Å². The Hall–Kier alpha value is -3.76. The van der Waals surface area contributed by atoms with Crippen LogP contribution in [0.25, 0.3) is 5.65 Å². The lowest BCUT2D eigenvalue weighted by Gasteiger charge is -1.99. The number of aryl methyl sites for hydroxylation is 1. The zero-order valence-corrected chi connectivity index (χ0v) is 26.6. The largest absolute Gasteiger partial charge is 0.411 e. The van der Waals surface area contributed by atoms with E-state index in [0.29, 0.717) is 35.8 Å². The van der Waals surface area contributed by atoms with Crippen LogP contribution in [0.4, 0.5) is 10.5 Å². The molecule has 10 nitrogen and oxygen atoms in total. The highest BCUT2D eigenvalue weighted by Crippen LogP contribution is 2.12. The van der Waals surface area contributed by atoms with Gasteiger partial charge >= 0.3 is 6.09 Å². The number of pyridine rings is 1. The average Bonchev–Trinajstić information content (AvgIpc) is 3.40. The molecule has 0 spiro atoms. The Morgan fingerprint density at radius 3 is 2.02 bits per heavy atom. The minimum Gasteiger partial charge on any atom is -0.411 e. The first-order valence-corrected chi connectivity index (χ1v) is 13.9. The lowest BCUT2D eigenvalue weighted by molar-refractivity contribution is -0.105. The van der Waals surface area contributed by atoms with Gasteiger partial charge in [-0.25, -0.2) is 9.78 Å². The van der Waals surface area contributed by atoms with E-state index in [1.54, 1.807) is 48.2 Å². The van der Waals surface area contributed by atoms with E-state index >= 15 is 0 Å². The number of carbonyl (C=O) groups excluding carboxylic acids is 3. The minimum atomic E-state index is -0.783. The predicted octanol–water partition coefficient (Wildman–Crippen LogP) is 6.68. The summed E-state index contributed by atoms with van der Waals surface area (Å²) in [5.74, 6) is 1.17. The van der Waals surface area contributed by atoms with E-state index in [2.05, 4.69) is 28.9 Å². The van der Waals surface area contributed by atoms with Gasteiger partial charge in [0.1, 0.15) is 17.1 Å². The van der Waals surface area contributed by atoms with Gasteiger partial charge in [-0.15, -0.1) is 0 Å². The first-order chi connectivity index (χ1) is 19.6. The lowest BCUT2D eigenvalue weighted by atomic mass is 10.1. The number of hydrogen-bond acceptors (Lipinski definition) is 7. The number of nitrogens with one attached hydrogen (secondary N) is 1. The number of fused-ring (bicyclic) bond motifs is 1. The van der Waals surface area contributed by atoms with Crippen LogP contribution in [-0.4, -0.2) is 53.1 Å². The van der Waals surface area contributed by atoms with Crippen molar-refractivity contribution in [3.63, 3.8) is 0 Å². The molecule has 0 bridgehead atoms. The summed E-state index contributed by atoms with van der Waals surface area (Å²) < 4.78 is 11.2. The molecule has 41 heavy (non-hydrogen) atoms. The number of aromatic nitrogens is 2. The molecule has 0 saturated heterocycles. The van der Waals surface area contributed by atoms with Crippen molar-refractivity contribution in [1.29, 1.82) is 0 Å². The van der Waals surface area contributed by atoms with E-state index in [9.17, 15) is 14.4 Å².